The molecular weight excluding hydrogens is 268 g/mol. The smallest absolute Gasteiger partial charge is 0.251 e. The number of rotatable bonds is 5. The lowest BCUT2D eigenvalue weighted by molar-refractivity contribution is 0.0940. The van der Waals surface area contributed by atoms with Gasteiger partial charge in [-0.2, -0.15) is 0 Å². The molecule has 0 heterocycles. The summed E-state index contributed by atoms with van der Waals surface area (Å²) in [4.78, 5) is 12.0. The van der Waals surface area contributed by atoms with Gasteiger partial charge in [-0.15, -0.1) is 12.4 Å². The summed E-state index contributed by atoms with van der Waals surface area (Å²) in [5.41, 5.74) is 6.83. The van der Waals surface area contributed by atoms with Crippen LogP contribution in [0, 0.1) is 6.92 Å². The molecule has 6 heteroatoms. The number of hydrogen-bond acceptors (Lipinski definition) is 4. The van der Waals surface area contributed by atoms with Gasteiger partial charge in [-0.05, 0) is 26.0 Å². The van der Waals surface area contributed by atoms with E-state index in [4.69, 9.17) is 15.2 Å². The summed E-state index contributed by atoms with van der Waals surface area (Å²) in [5.74, 6) is 1.06. The van der Waals surface area contributed by atoms with Crippen molar-refractivity contribution in [1.29, 1.82) is 0 Å². The number of amides is 1. The monoisotopic (exact) mass is 288 g/mol. The third kappa shape index (κ3) is 4.29. The number of halogens is 1. The highest BCUT2D eigenvalue weighted by Crippen LogP contribution is 2.29. The molecule has 3 N–H and O–H groups in total. The molecule has 0 bridgehead atoms. The average Bonchev–Trinajstić information content (AvgIpc) is 2.38. The van der Waals surface area contributed by atoms with Crippen LogP contribution in [0.4, 0.5) is 0 Å². The standard InChI is InChI=1S/C13H20N2O3.ClH/c1-8(7-14)15-13(16)10-5-11(17-3)9(2)12(6-10)18-4;/h5-6,8H,7,14H2,1-4H3,(H,15,16);1H/t8-;/m0./s1. The summed E-state index contributed by atoms with van der Waals surface area (Å²) in [6, 6.07) is 3.31. The van der Waals surface area contributed by atoms with E-state index in [-0.39, 0.29) is 24.4 Å². The van der Waals surface area contributed by atoms with Gasteiger partial charge in [0.05, 0.1) is 14.2 Å². The number of carbonyl (C=O) groups is 1. The fourth-order valence-corrected chi connectivity index (χ4v) is 1.58. The maximum Gasteiger partial charge on any atom is 0.251 e. The van der Waals surface area contributed by atoms with E-state index < -0.39 is 0 Å². The van der Waals surface area contributed by atoms with E-state index in [1.54, 1.807) is 26.4 Å². The zero-order valence-electron chi connectivity index (χ0n) is 11.6. The first-order valence-electron chi connectivity index (χ1n) is 5.77. The fraction of sp³-hybridized carbons (Fsp3) is 0.462. The number of carbonyl (C=O) groups excluding carboxylic acids is 1. The first kappa shape index (κ1) is 17.5. The fourth-order valence-electron chi connectivity index (χ4n) is 1.58. The predicted octanol–water partition coefficient (Wildman–Crippen LogP) is 1.51. The van der Waals surface area contributed by atoms with Gasteiger partial charge < -0.3 is 20.5 Å². The van der Waals surface area contributed by atoms with Gasteiger partial charge in [0.1, 0.15) is 11.5 Å². The highest BCUT2D eigenvalue weighted by atomic mass is 35.5. The van der Waals surface area contributed by atoms with Gasteiger partial charge in [0.25, 0.3) is 5.91 Å². The number of ether oxygens (including phenoxy) is 2. The van der Waals surface area contributed by atoms with Crippen LogP contribution in [0.5, 0.6) is 11.5 Å². The number of nitrogens with one attached hydrogen (secondary N) is 1. The topological polar surface area (TPSA) is 73.6 Å². The molecule has 0 aliphatic heterocycles. The molecule has 0 radical (unpaired) electrons. The minimum Gasteiger partial charge on any atom is -0.496 e. The lowest BCUT2D eigenvalue weighted by atomic mass is 10.1. The van der Waals surface area contributed by atoms with Crippen LogP contribution in [0.1, 0.15) is 22.8 Å². The predicted molar refractivity (Wildman–Crippen MR) is 77.5 cm³/mol. The van der Waals surface area contributed by atoms with Gasteiger partial charge in [0.15, 0.2) is 0 Å². The van der Waals surface area contributed by atoms with Crippen LogP contribution < -0.4 is 20.5 Å². The Bertz CT molecular complexity index is 413. The minimum atomic E-state index is -0.190. The molecule has 0 aliphatic carbocycles. The van der Waals surface area contributed by atoms with Crippen LogP contribution in [0.25, 0.3) is 0 Å². The lowest BCUT2D eigenvalue weighted by Gasteiger charge is -2.14. The summed E-state index contributed by atoms with van der Waals surface area (Å²) >= 11 is 0. The van der Waals surface area contributed by atoms with Gasteiger partial charge >= 0.3 is 0 Å². The van der Waals surface area contributed by atoms with E-state index in [9.17, 15) is 4.79 Å². The van der Waals surface area contributed by atoms with Gasteiger partial charge in [-0.25, -0.2) is 0 Å². The van der Waals surface area contributed by atoms with Crippen LogP contribution in [-0.4, -0.2) is 32.7 Å². The number of nitrogens with two attached hydrogens (primary N) is 1. The van der Waals surface area contributed by atoms with Crippen molar-refractivity contribution in [3.05, 3.63) is 23.3 Å². The van der Waals surface area contributed by atoms with Crippen molar-refractivity contribution in [2.24, 2.45) is 5.73 Å². The quantitative estimate of drug-likeness (QED) is 0.861. The molecule has 1 amide bonds. The maximum atomic E-state index is 12.0. The minimum absolute atomic E-state index is 0. The summed E-state index contributed by atoms with van der Waals surface area (Å²) in [7, 11) is 3.12. The molecule has 1 aromatic rings. The number of hydrogen-bond donors (Lipinski definition) is 2. The van der Waals surface area contributed by atoms with Crippen LogP contribution in [-0.2, 0) is 0 Å². The van der Waals surface area contributed by atoms with Crippen LogP contribution in [0.3, 0.4) is 0 Å². The molecule has 1 atom stereocenters. The molecular formula is C13H21ClN2O3. The Morgan fingerprint density at radius 3 is 2.16 bits per heavy atom. The van der Waals surface area contributed by atoms with Gasteiger partial charge in [0.2, 0.25) is 0 Å². The molecule has 5 nitrogen and oxygen atoms in total. The van der Waals surface area contributed by atoms with Crippen LogP contribution in [0.2, 0.25) is 0 Å². The van der Waals surface area contributed by atoms with Gasteiger partial charge in [-0.3, -0.25) is 4.79 Å². The second kappa shape index (κ2) is 7.86. The van der Waals surface area contributed by atoms with Crippen LogP contribution >= 0.6 is 12.4 Å². The van der Waals surface area contributed by atoms with Crippen molar-refractivity contribution < 1.29 is 14.3 Å². The molecule has 0 fully saturated rings. The van der Waals surface area contributed by atoms with Crippen molar-refractivity contribution in [1.82, 2.24) is 5.32 Å². The van der Waals surface area contributed by atoms with Crippen LogP contribution in [0.15, 0.2) is 12.1 Å². The summed E-state index contributed by atoms with van der Waals surface area (Å²) in [5, 5.41) is 2.79. The first-order valence-corrected chi connectivity index (χ1v) is 5.77. The third-order valence-electron chi connectivity index (χ3n) is 2.75. The molecule has 0 spiro atoms. The second-order valence-corrected chi connectivity index (χ2v) is 4.12. The molecule has 0 saturated heterocycles. The van der Waals surface area contributed by atoms with Gasteiger partial charge in [0, 0.05) is 23.7 Å². The Labute approximate surface area is 119 Å². The molecule has 0 saturated carbocycles. The van der Waals surface area contributed by atoms with E-state index >= 15 is 0 Å². The molecule has 0 unspecified atom stereocenters. The van der Waals surface area contributed by atoms with E-state index in [1.807, 2.05) is 13.8 Å². The second-order valence-electron chi connectivity index (χ2n) is 4.12. The Balaban J connectivity index is 0.00000324. The van der Waals surface area contributed by atoms with Crippen molar-refractivity contribution in [2.45, 2.75) is 19.9 Å². The largest absolute Gasteiger partial charge is 0.496 e. The van der Waals surface area contributed by atoms with E-state index in [0.29, 0.717) is 23.6 Å². The summed E-state index contributed by atoms with van der Waals surface area (Å²) in [6.45, 7) is 4.12. The van der Waals surface area contributed by atoms with Crippen molar-refractivity contribution in [3.8, 4) is 11.5 Å². The molecule has 1 rings (SSSR count). The zero-order valence-corrected chi connectivity index (χ0v) is 12.5. The summed E-state index contributed by atoms with van der Waals surface area (Å²) < 4.78 is 10.4. The Kier molecular flexibility index (Phi) is 7.26. The molecule has 108 valence electrons. The Morgan fingerprint density at radius 2 is 1.79 bits per heavy atom. The molecule has 0 aliphatic rings. The average molecular weight is 289 g/mol. The normalized spacial score (nSPS) is 11.2. The molecule has 0 aromatic heterocycles. The van der Waals surface area contributed by atoms with Crippen molar-refractivity contribution in [3.63, 3.8) is 0 Å². The first-order chi connectivity index (χ1) is 8.53. The summed E-state index contributed by atoms with van der Waals surface area (Å²) in [6.07, 6.45) is 0. The third-order valence-corrected chi connectivity index (χ3v) is 2.75. The van der Waals surface area contributed by atoms with Crippen molar-refractivity contribution >= 4 is 18.3 Å². The Morgan fingerprint density at radius 1 is 1.32 bits per heavy atom. The van der Waals surface area contributed by atoms with Gasteiger partial charge in [-0.1, -0.05) is 0 Å². The zero-order chi connectivity index (χ0) is 13.7. The SMILES string of the molecule is COc1cc(C(=O)N[C@@H](C)CN)cc(OC)c1C.Cl. The van der Waals surface area contributed by atoms with E-state index in [0.717, 1.165) is 5.56 Å². The van der Waals surface area contributed by atoms with E-state index in [2.05, 4.69) is 5.32 Å². The molecule has 1 aromatic carbocycles. The maximum absolute atomic E-state index is 12.0. The number of benzene rings is 1. The van der Waals surface area contributed by atoms with Crippen molar-refractivity contribution in [2.75, 3.05) is 20.8 Å². The highest BCUT2D eigenvalue weighted by Gasteiger charge is 2.14. The number of methoxy groups -OCH3 is 2. The lowest BCUT2D eigenvalue weighted by Crippen LogP contribution is -2.37. The van der Waals surface area contributed by atoms with E-state index in [1.165, 1.54) is 0 Å². The highest BCUT2D eigenvalue weighted by molar-refractivity contribution is 5.95. The molecule has 19 heavy (non-hydrogen) atoms. The Hall–Kier alpha value is -1.46.